The molecule has 0 radical (unpaired) electrons. The van der Waals surface area contributed by atoms with E-state index in [1.807, 2.05) is 42.3 Å². The van der Waals surface area contributed by atoms with Gasteiger partial charge in [0, 0.05) is 25.2 Å². The molecule has 0 spiro atoms. The van der Waals surface area contributed by atoms with Gasteiger partial charge in [0.2, 0.25) is 5.91 Å². The number of benzene rings is 2. The van der Waals surface area contributed by atoms with Crippen LogP contribution in [0.5, 0.6) is 0 Å². The first-order valence-corrected chi connectivity index (χ1v) is 7.50. The van der Waals surface area contributed by atoms with Crippen LogP contribution in [0.2, 0.25) is 0 Å². The molecule has 5 nitrogen and oxygen atoms in total. The Labute approximate surface area is 134 Å². The molecule has 118 valence electrons. The maximum Gasteiger partial charge on any atom is 0.238 e. The minimum absolute atomic E-state index is 0.0565. The second-order valence-electron chi connectivity index (χ2n) is 5.62. The molecule has 0 aliphatic rings. The van der Waals surface area contributed by atoms with E-state index in [2.05, 4.69) is 22.4 Å². The fourth-order valence-corrected chi connectivity index (χ4v) is 2.51. The summed E-state index contributed by atoms with van der Waals surface area (Å²) in [5.41, 5.74) is 3.37. The number of carbonyl (C=O) groups is 1. The van der Waals surface area contributed by atoms with E-state index in [4.69, 9.17) is 4.42 Å². The van der Waals surface area contributed by atoms with Crippen LogP contribution in [0.15, 0.2) is 52.9 Å². The lowest BCUT2D eigenvalue weighted by atomic mass is 10.2. The Kier molecular flexibility index (Phi) is 4.39. The number of fused-ring (bicyclic) bond motifs is 1. The first kappa shape index (κ1) is 15.2. The van der Waals surface area contributed by atoms with E-state index in [-0.39, 0.29) is 5.91 Å². The van der Waals surface area contributed by atoms with E-state index in [0.29, 0.717) is 23.7 Å². The quantitative estimate of drug-likeness (QED) is 0.786. The smallest absolute Gasteiger partial charge is 0.238 e. The zero-order valence-corrected chi connectivity index (χ0v) is 13.2. The molecule has 2 aromatic carbocycles. The summed E-state index contributed by atoms with van der Waals surface area (Å²) in [5, 5.41) is 2.89. The van der Waals surface area contributed by atoms with Gasteiger partial charge in [-0.2, -0.15) is 0 Å². The first-order valence-electron chi connectivity index (χ1n) is 7.50. The van der Waals surface area contributed by atoms with Crippen molar-refractivity contribution in [3.8, 4) is 0 Å². The van der Waals surface area contributed by atoms with Gasteiger partial charge in [-0.15, -0.1) is 0 Å². The highest BCUT2D eigenvalue weighted by Crippen LogP contribution is 2.19. The minimum Gasteiger partial charge on any atom is -0.441 e. The van der Waals surface area contributed by atoms with Crippen LogP contribution >= 0.6 is 0 Å². The summed E-state index contributed by atoms with van der Waals surface area (Å²) in [6.45, 7) is 2.85. The number of oxazole rings is 1. The summed E-state index contributed by atoms with van der Waals surface area (Å²) in [6.07, 6.45) is 0. The predicted octanol–water partition coefficient (Wildman–Crippen LogP) is 3.21. The molecule has 0 atom stereocenters. The number of aryl methyl sites for hydroxylation is 1. The monoisotopic (exact) mass is 309 g/mol. The van der Waals surface area contributed by atoms with Crippen molar-refractivity contribution in [3.05, 3.63) is 60.0 Å². The van der Waals surface area contributed by atoms with Gasteiger partial charge in [-0.25, -0.2) is 4.98 Å². The number of rotatable bonds is 5. The normalized spacial score (nSPS) is 11.1. The van der Waals surface area contributed by atoms with Crippen molar-refractivity contribution in [2.45, 2.75) is 13.5 Å². The number of hydrogen-bond acceptors (Lipinski definition) is 4. The fourth-order valence-electron chi connectivity index (χ4n) is 2.51. The Balaban J connectivity index is 1.59. The third-order valence-electron chi connectivity index (χ3n) is 3.49. The van der Waals surface area contributed by atoms with Crippen LogP contribution in [-0.4, -0.2) is 29.4 Å². The zero-order valence-electron chi connectivity index (χ0n) is 13.2. The summed E-state index contributed by atoms with van der Waals surface area (Å²) in [7, 11) is 1.93. The van der Waals surface area contributed by atoms with Gasteiger partial charge in [0.15, 0.2) is 11.5 Å². The molecule has 23 heavy (non-hydrogen) atoms. The van der Waals surface area contributed by atoms with Crippen molar-refractivity contribution < 1.29 is 9.21 Å². The summed E-state index contributed by atoms with van der Waals surface area (Å²) in [5.74, 6) is 0.560. The number of amides is 1. The highest BCUT2D eigenvalue weighted by molar-refractivity contribution is 5.94. The molecule has 0 fully saturated rings. The lowest BCUT2D eigenvalue weighted by Crippen LogP contribution is -2.29. The van der Waals surface area contributed by atoms with Gasteiger partial charge in [-0.3, -0.25) is 9.69 Å². The van der Waals surface area contributed by atoms with Crippen LogP contribution in [0.3, 0.4) is 0 Å². The lowest BCUT2D eigenvalue weighted by Gasteiger charge is -2.16. The molecule has 0 bridgehead atoms. The summed E-state index contributed by atoms with van der Waals surface area (Å²) in [6, 6.07) is 15.6. The average molecular weight is 309 g/mol. The number of aromatic nitrogens is 1. The SMILES string of the molecule is Cc1nc2ccc(NC(=O)CN(C)Cc3ccccc3)cc2o1. The number of nitrogens with one attached hydrogen (secondary N) is 1. The van der Waals surface area contributed by atoms with E-state index >= 15 is 0 Å². The Morgan fingerprint density at radius 2 is 2.00 bits per heavy atom. The van der Waals surface area contributed by atoms with Crippen LogP contribution in [0.4, 0.5) is 5.69 Å². The molecule has 0 unspecified atom stereocenters. The predicted molar refractivity (Wildman–Crippen MR) is 90.2 cm³/mol. The number of nitrogens with zero attached hydrogens (tertiary/aromatic N) is 2. The molecule has 0 saturated heterocycles. The van der Waals surface area contributed by atoms with Crippen molar-refractivity contribution >= 4 is 22.7 Å². The van der Waals surface area contributed by atoms with E-state index in [9.17, 15) is 4.79 Å². The van der Waals surface area contributed by atoms with Gasteiger partial charge in [0.05, 0.1) is 6.54 Å². The van der Waals surface area contributed by atoms with Gasteiger partial charge >= 0.3 is 0 Å². The Hall–Kier alpha value is -2.66. The lowest BCUT2D eigenvalue weighted by molar-refractivity contribution is -0.117. The van der Waals surface area contributed by atoms with Crippen molar-refractivity contribution in [3.63, 3.8) is 0 Å². The molecule has 3 aromatic rings. The molecule has 1 N–H and O–H groups in total. The molecular formula is C18H19N3O2. The van der Waals surface area contributed by atoms with Crippen LogP contribution < -0.4 is 5.32 Å². The van der Waals surface area contributed by atoms with Gasteiger partial charge < -0.3 is 9.73 Å². The van der Waals surface area contributed by atoms with Crippen LogP contribution in [0.1, 0.15) is 11.5 Å². The zero-order chi connectivity index (χ0) is 16.2. The standard InChI is InChI=1S/C18H19N3O2/c1-13-19-16-9-8-15(10-17(16)23-13)20-18(22)12-21(2)11-14-6-4-3-5-7-14/h3-10H,11-12H2,1-2H3,(H,20,22). The highest BCUT2D eigenvalue weighted by atomic mass is 16.3. The molecule has 0 aliphatic heterocycles. The maximum absolute atomic E-state index is 12.2. The number of carbonyl (C=O) groups excluding carboxylic acids is 1. The average Bonchev–Trinajstić information content (AvgIpc) is 2.87. The third kappa shape index (κ3) is 3.96. The summed E-state index contributed by atoms with van der Waals surface area (Å²) >= 11 is 0. The first-order chi connectivity index (χ1) is 11.1. The molecular weight excluding hydrogens is 290 g/mol. The van der Waals surface area contributed by atoms with Gasteiger partial charge in [0.1, 0.15) is 5.52 Å². The Bertz CT molecular complexity index is 812. The molecule has 1 amide bonds. The number of hydrogen-bond donors (Lipinski definition) is 1. The minimum atomic E-state index is -0.0565. The second kappa shape index (κ2) is 6.62. The van der Waals surface area contributed by atoms with E-state index in [0.717, 1.165) is 12.1 Å². The Morgan fingerprint density at radius 1 is 1.22 bits per heavy atom. The molecule has 0 aliphatic carbocycles. The number of likely N-dealkylation sites (N-methyl/N-ethyl adjacent to an activating group) is 1. The topological polar surface area (TPSA) is 58.4 Å². The largest absolute Gasteiger partial charge is 0.441 e. The molecule has 0 saturated carbocycles. The van der Waals surface area contributed by atoms with Crippen LogP contribution in [0.25, 0.3) is 11.1 Å². The maximum atomic E-state index is 12.2. The van der Waals surface area contributed by atoms with Crippen LogP contribution in [0, 0.1) is 6.92 Å². The molecule has 3 rings (SSSR count). The summed E-state index contributed by atoms with van der Waals surface area (Å²) in [4.78, 5) is 18.4. The van der Waals surface area contributed by atoms with E-state index < -0.39 is 0 Å². The van der Waals surface area contributed by atoms with E-state index in [1.54, 1.807) is 13.0 Å². The van der Waals surface area contributed by atoms with Gasteiger partial charge in [0.25, 0.3) is 0 Å². The molecule has 5 heteroatoms. The fraction of sp³-hybridized carbons (Fsp3) is 0.222. The van der Waals surface area contributed by atoms with Gasteiger partial charge in [-0.05, 0) is 24.7 Å². The molecule has 1 aromatic heterocycles. The van der Waals surface area contributed by atoms with Crippen molar-refractivity contribution in [2.24, 2.45) is 0 Å². The van der Waals surface area contributed by atoms with Crippen molar-refractivity contribution in [1.29, 1.82) is 0 Å². The van der Waals surface area contributed by atoms with Crippen molar-refractivity contribution in [1.82, 2.24) is 9.88 Å². The van der Waals surface area contributed by atoms with Crippen LogP contribution in [-0.2, 0) is 11.3 Å². The van der Waals surface area contributed by atoms with Crippen molar-refractivity contribution in [2.75, 3.05) is 18.9 Å². The molecule has 1 heterocycles. The van der Waals surface area contributed by atoms with E-state index in [1.165, 1.54) is 5.56 Å². The number of anilines is 1. The highest BCUT2D eigenvalue weighted by Gasteiger charge is 2.09. The third-order valence-corrected chi connectivity index (χ3v) is 3.49. The van der Waals surface area contributed by atoms with Gasteiger partial charge in [-0.1, -0.05) is 30.3 Å². The summed E-state index contributed by atoms with van der Waals surface area (Å²) < 4.78 is 5.48. The second-order valence-corrected chi connectivity index (χ2v) is 5.62. The Morgan fingerprint density at radius 3 is 2.78 bits per heavy atom.